The van der Waals surface area contributed by atoms with Crippen LogP contribution in [0, 0.1) is 0 Å². The summed E-state index contributed by atoms with van der Waals surface area (Å²) in [5, 5.41) is 1.13. The first-order valence-corrected chi connectivity index (χ1v) is 7.19. The van der Waals surface area contributed by atoms with Crippen molar-refractivity contribution in [2.75, 3.05) is 11.4 Å². The minimum atomic E-state index is -4.33. The van der Waals surface area contributed by atoms with Crippen LogP contribution < -0.4 is 4.90 Å². The molecule has 1 aliphatic rings. The molecule has 106 valence electrons. The molecule has 0 N–H and O–H groups in total. The van der Waals surface area contributed by atoms with Gasteiger partial charge in [0, 0.05) is 18.1 Å². The largest absolute Gasteiger partial charge is 0.427 e. The molecule has 2 heterocycles. The molecule has 1 aromatic heterocycles. The lowest BCUT2D eigenvalue weighted by atomic mass is 10.0. The predicted molar refractivity (Wildman–Crippen MR) is 73.3 cm³/mol. The molecule has 0 unspecified atom stereocenters. The molecule has 3 rings (SSSR count). The summed E-state index contributed by atoms with van der Waals surface area (Å²) >= 11 is 6.80. The lowest BCUT2D eigenvalue weighted by Crippen LogP contribution is -2.30. The van der Waals surface area contributed by atoms with Crippen molar-refractivity contribution in [3.05, 3.63) is 45.4 Å². The van der Waals surface area contributed by atoms with E-state index in [0.29, 0.717) is 29.6 Å². The number of halogens is 4. The highest BCUT2D eigenvalue weighted by atomic mass is 35.5. The van der Waals surface area contributed by atoms with Gasteiger partial charge in [-0.2, -0.15) is 13.2 Å². The maximum atomic E-state index is 12.6. The smallest absolute Gasteiger partial charge is 0.343 e. The maximum Gasteiger partial charge on any atom is 0.427 e. The molecule has 1 aromatic carbocycles. The summed E-state index contributed by atoms with van der Waals surface area (Å²) in [4.78, 5) is 5.09. The van der Waals surface area contributed by atoms with Gasteiger partial charge in [-0.05, 0) is 23.6 Å². The van der Waals surface area contributed by atoms with Crippen molar-refractivity contribution in [3.63, 3.8) is 0 Å². The van der Waals surface area contributed by atoms with Gasteiger partial charge in [0.1, 0.15) is 4.88 Å². The first kappa shape index (κ1) is 13.7. The third-order valence-corrected chi connectivity index (χ3v) is 4.71. The van der Waals surface area contributed by atoms with Crippen molar-refractivity contribution >= 4 is 28.1 Å². The lowest BCUT2D eigenvalue weighted by Gasteiger charge is -2.28. The van der Waals surface area contributed by atoms with E-state index in [0.717, 1.165) is 28.8 Å². The molecule has 0 spiro atoms. The predicted octanol–water partition coefficient (Wildman–Crippen LogP) is 4.38. The number of anilines is 1. The number of hydrogen-bond acceptors (Lipinski definition) is 3. The summed E-state index contributed by atoms with van der Waals surface area (Å²) in [5.41, 5.74) is 2.13. The van der Waals surface area contributed by atoms with Gasteiger partial charge in [-0.15, -0.1) is 0 Å². The van der Waals surface area contributed by atoms with E-state index in [2.05, 4.69) is 4.98 Å². The zero-order chi connectivity index (χ0) is 14.3. The molecule has 2 nitrogen and oxygen atoms in total. The molecular formula is C13H10ClF3N2S. The molecule has 0 saturated heterocycles. The average Bonchev–Trinajstić information content (AvgIpc) is 2.88. The summed E-state index contributed by atoms with van der Waals surface area (Å²) in [6.07, 6.45) is -2.71. The third kappa shape index (κ3) is 2.50. The summed E-state index contributed by atoms with van der Waals surface area (Å²) in [7, 11) is 0. The van der Waals surface area contributed by atoms with Gasteiger partial charge < -0.3 is 4.90 Å². The number of fused-ring (bicyclic) bond motifs is 1. The van der Waals surface area contributed by atoms with E-state index in [-0.39, 0.29) is 0 Å². The van der Waals surface area contributed by atoms with E-state index in [1.807, 2.05) is 23.1 Å². The number of hydrogen-bond donors (Lipinski definition) is 0. The van der Waals surface area contributed by atoms with E-state index in [9.17, 15) is 13.2 Å². The molecule has 0 atom stereocenters. The van der Waals surface area contributed by atoms with Gasteiger partial charge in [0.2, 0.25) is 0 Å². The van der Waals surface area contributed by atoms with Crippen LogP contribution in [-0.4, -0.2) is 11.5 Å². The Bertz CT molecular complexity index is 639. The minimum absolute atomic E-state index is 0.406. The van der Waals surface area contributed by atoms with Crippen LogP contribution in [0.1, 0.15) is 16.0 Å². The Balaban J connectivity index is 1.85. The van der Waals surface area contributed by atoms with Gasteiger partial charge in [-0.25, -0.2) is 4.98 Å². The highest BCUT2D eigenvalue weighted by molar-refractivity contribution is 7.15. The summed E-state index contributed by atoms with van der Waals surface area (Å²) in [6.45, 7) is 1.17. The molecule has 0 aliphatic carbocycles. The number of nitrogens with zero attached hydrogens (tertiary/aromatic N) is 2. The molecule has 0 saturated carbocycles. The Morgan fingerprint density at radius 2 is 2.10 bits per heavy atom. The fourth-order valence-electron chi connectivity index (χ4n) is 2.27. The number of rotatable bonds is 1. The second kappa shape index (κ2) is 4.93. The van der Waals surface area contributed by atoms with Crippen LogP contribution in [-0.2, 0) is 19.1 Å². The number of thiazole rings is 1. The maximum absolute atomic E-state index is 12.6. The van der Waals surface area contributed by atoms with E-state index in [1.165, 1.54) is 0 Å². The Kier molecular flexibility index (Phi) is 3.38. The van der Waals surface area contributed by atoms with E-state index >= 15 is 0 Å². The Hall–Kier alpha value is -1.27. The van der Waals surface area contributed by atoms with Crippen molar-refractivity contribution in [1.82, 2.24) is 4.98 Å². The van der Waals surface area contributed by atoms with Gasteiger partial charge >= 0.3 is 6.18 Å². The first-order valence-electron chi connectivity index (χ1n) is 5.99. The Morgan fingerprint density at radius 3 is 2.80 bits per heavy atom. The number of aromatic nitrogens is 1. The normalized spacial score (nSPS) is 15.3. The molecule has 0 amide bonds. The topological polar surface area (TPSA) is 16.1 Å². The standard InChI is InChI=1S/C13H10ClF3N2S/c14-10-3-1-2-8-7-19(5-4-9(8)10)12-18-6-11(20-12)13(15,16)17/h1-3,6H,4-5,7H2. The van der Waals surface area contributed by atoms with Crippen LogP contribution in [0.15, 0.2) is 24.4 Å². The zero-order valence-corrected chi connectivity index (χ0v) is 11.8. The summed E-state index contributed by atoms with van der Waals surface area (Å²) in [6, 6.07) is 5.64. The highest BCUT2D eigenvalue weighted by Gasteiger charge is 2.34. The Labute approximate surface area is 122 Å². The zero-order valence-electron chi connectivity index (χ0n) is 10.2. The molecule has 0 radical (unpaired) electrons. The van der Waals surface area contributed by atoms with Crippen molar-refractivity contribution in [2.45, 2.75) is 19.1 Å². The monoisotopic (exact) mass is 318 g/mol. The fourth-order valence-corrected chi connectivity index (χ4v) is 3.37. The van der Waals surface area contributed by atoms with Gasteiger partial charge in [0.15, 0.2) is 5.13 Å². The van der Waals surface area contributed by atoms with Gasteiger partial charge in [0.05, 0.1) is 6.20 Å². The second-order valence-electron chi connectivity index (χ2n) is 4.55. The number of alkyl halides is 3. The Morgan fingerprint density at radius 1 is 1.30 bits per heavy atom. The molecule has 2 aromatic rings. The second-order valence-corrected chi connectivity index (χ2v) is 5.97. The highest BCUT2D eigenvalue weighted by Crippen LogP contribution is 2.37. The van der Waals surface area contributed by atoms with Crippen molar-refractivity contribution < 1.29 is 13.2 Å². The third-order valence-electron chi connectivity index (χ3n) is 3.25. The van der Waals surface area contributed by atoms with Crippen LogP contribution in [0.25, 0.3) is 0 Å². The van der Waals surface area contributed by atoms with E-state index in [4.69, 9.17) is 11.6 Å². The SMILES string of the molecule is FC(F)(F)c1cnc(N2CCc3c(Cl)cccc3C2)s1. The summed E-state index contributed by atoms with van der Waals surface area (Å²) in [5.74, 6) is 0. The van der Waals surface area contributed by atoms with Crippen molar-refractivity contribution in [2.24, 2.45) is 0 Å². The van der Waals surface area contributed by atoms with Gasteiger partial charge in [-0.3, -0.25) is 0 Å². The quantitative estimate of drug-likeness (QED) is 0.776. The fraction of sp³-hybridized carbons (Fsp3) is 0.308. The molecule has 7 heteroatoms. The molecular weight excluding hydrogens is 309 g/mol. The van der Waals surface area contributed by atoms with Gasteiger partial charge in [-0.1, -0.05) is 35.1 Å². The van der Waals surface area contributed by atoms with Crippen LogP contribution >= 0.6 is 22.9 Å². The molecule has 20 heavy (non-hydrogen) atoms. The van der Waals surface area contributed by atoms with Crippen LogP contribution in [0.5, 0.6) is 0 Å². The van der Waals surface area contributed by atoms with Crippen LogP contribution in [0.4, 0.5) is 18.3 Å². The molecule has 1 aliphatic heterocycles. The number of benzene rings is 1. The van der Waals surface area contributed by atoms with Crippen molar-refractivity contribution in [3.8, 4) is 0 Å². The van der Waals surface area contributed by atoms with E-state index < -0.39 is 11.1 Å². The first-order chi connectivity index (χ1) is 9.45. The van der Waals surface area contributed by atoms with E-state index in [1.54, 1.807) is 0 Å². The molecule has 0 fully saturated rings. The minimum Gasteiger partial charge on any atom is -0.343 e. The van der Waals surface area contributed by atoms with Gasteiger partial charge in [0.25, 0.3) is 0 Å². The van der Waals surface area contributed by atoms with Crippen molar-refractivity contribution in [1.29, 1.82) is 0 Å². The van der Waals surface area contributed by atoms with Crippen LogP contribution in [0.2, 0.25) is 5.02 Å². The molecule has 0 bridgehead atoms. The summed E-state index contributed by atoms with van der Waals surface area (Å²) < 4.78 is 37.8. The lowest BCUT2D eigenvalue weighted by molar-refractivity contribution is -0.134. The van der Waals surface area contributed by atoms with Crippen LogP contribution in [0.3, 0.4) is 0 Å². The average molecular weight is 319 g/mol.